The van der Waals surface area contributed by atoms with E-state index in [4.69, 9.17) is 0 Å². The van der Waals surface area contributed by atoms with Crippen LogP contribution in [0.15, 0.2) is 22.7 Å². The van der Waals surface area contributed by atoms with Crippen molar-refractivity contribution < 1.29 is 13.3 Å². The molecule has 8 heteroatoms. The molecule has 0 saturated carbocycles. The van der Waals surface area contributed by atoms with Gasteiger partial charge >= 0.3 is 0 Å². The van der Waals surface area contributed by atoms with Gasteiger partial charge in [-0.2, -0.15) is 0 Å². The van der Waals surface area contributed by atoms with Gasteiger partial charge in [-0.3, -0.25) is 10.1 Å². The monoisotopic (exact) mass is 348 g/mol. The van der Waals surface area contributed by atoms with Gasteiger partial charge < -0.3 is 5.32 Å². The molecule has 19 heavy (non-hydrogen) atoms. The standard InChI is InChI=1S/C11H13BrN2O4S/c12-10-6-8(3-4-11(10)14(15)16)13-9-2-1-5-19(17,18)7-9/h3-4,6,9,13H,1-2,5,7H2. The Labute approximate surface area is 119 Å². The first-order valence-corrected chi connectivity index (χ1v) is 8.40. The zero-order valence-corrected chi connectivity index (χ0v) is 12.4. The third-order valence-corrected chi connectivity index (χ3v) is 5.43. The summed E-state index contributed by atoms with van der Waals surface area (Å²) in [5.74, 6) is 0.358. The van der Waals surface area contributed by atoms with Crippen LogP contribution in [0.5, 0.6) is 0 Å². The van der Waals surface area contributed by atoms with Crippen molar-refractivity contribution in [2.75, 3.05) is 16.8 Å². The van der Waals surface area contributed by atoms with Crippen LogP contribution in [0.1, 0.15) is 12.8 Å². The predicted molar refractivity (Wildman–Crippen MR) is 76.1 cm³/mol. The highest BCUT2D eigenvalue weighted by Gasteiger charge is 2.24. The van der Waals surface area contributed by atoms with E-state index in [1.807, 2.05) is 0 Å². The van der Waals surface area contributed by atoms with Crippen molar-refractivity contribution in [3.63, 3.8) is 0 Å². The van der Waals surface area contributed by atoms with Gasteiger partial charge in [0.25, 0.3) is 5.69 Å². The first-order chi connectivity index (χ1) is 8.87. The van der Waals surface area contributed by atoms with Crippen LogP contribution in [0, 0.1) is 10.1 Å². The molecule has 2 rings (SSSR count). The summed E-state index contributed by atoms with van der Waals surface area (Å²) in [4.78, 5) is 10.2. The number of hydrogen-bond donors (Lipinski definition) is 1. The first kappa shape index (κ1) is 14.3. The molecule has 0 aliphatic carbocycles. The van der Waals surface area contributed by atoms with Gasteiger partial charge in [-0.1, -0.05) is 0 Å². The fourth-order valence-electron chi connectivity index (χ4n) is 2.12. The van der Waals surface area contributed by atoms with E-state index in [1.54, 1.807) is 12.1 Å². The van der Waals surface area contributed by atoms with Gasteiger partial charge in [0, 0.05) is 17.8 Å². The molecule has 0 spiro atoms. The Bertz CT molecular complexity index is 603. The van der Waals surface area contributed by atoms with Crippen LogP contribution < -0.4 is 5.32 Å². The topological polar surface area (TPSA) is 89.3 Å². The maximum Gasteiger partial charge on any atom is 0.283 e. The van der Waals surface area contributed by atoms with Crippen molar-refractivity contribution in [1.82, 2.24) is 0 Å². The minimum Gasteiger partial charge on any atom is -0.381 e. The summed E-state index contributed by atoms with van der Waals surface area (Å²) in [6.45, 7) is 0. The van der Waals surface area contributed by atoms with Crippen LogP contribution in [0.3, 0.4) is 0 Å². The fourth-order valence-corrected chi connectivity index (χ4v) is 4.28. The van der Waals surface area contributed by atoms with Crippen LogP contribution in [-0.4, -0.2) is 30.9 Å². The summed E-state index contributed by atoms with van der Waals surface area (Å²) in [5.41, 5.74) is 0.668. The lowest BCUT2D eigenvalue weighted by Gasteiger charge is -2.24. The fraction of sp³-hybridized carbons (Fsp3) is 0.455. The summed E-state index contributed by atoms with van der Waals surface area (Å²) in [6, 6.07) is 4.44. The third kappa shape index (κ3) is 3.66. The molecule has 104 valence electrons. The van der Waals surface area contributed by atoms with Crippen LogP contribution in [0.25, 0.3) is 0 Å². The molecule has 0 aromatic heterocycles. The van der Waals surface area contributed by atoms with Crippen molar-refractivity contribution in [2.24, 2.45) is 0 Å². The van der Waals surface area contributed by atoms with E-state index in [9.17, 15) is 18.5 Å². The largest absolute Gasteiger partial charge is 0.381 e. The smallest absolute Gasteiger partial charge is 0.283 e. The minimum atomic E-state index is -2.97. The number of nitrogens with one attached hydrogen (secondary N) is 1. The van der Waals surface area contributed by atoms with Crippen LogP contribution in [0.4, 0.5) is 11.4 Å². The van der Waals surface area contributed by atoms with Gasteiger partial charge in [0.15, 0.2) is 9.84 Å². The average molecular weight is 349 g/mol. The lowest BCUT2D eigenvalue weighted by molar-refractivity contribution is -0.385. The molecule has 1 saturated heterocycles. The predicted octanol–water partition coefficient (Wildman–Crippen LogP) is 2.35. The van der Waals surface area contributed by atoms with Gasteiger partial charge in [0.1, 0.15) is 0 Å². The zero-order valence-electron chi connectivity index (χ0n) is 10.0. The molecular formula is C11H13BrN2O4S. The molecule has 1 heterocycles. The number of rotatable bonds is 3. The second-order valence-electron chi connectivity index (χ2n) is 4.52. The molecule has 0 bridgehead atoms. The normalized spacial score (nSPS) is 21.8. The van der Waals surface area contributed by atoms with E-state index in [0.717, 1.165) is 6.42 Å². The van der Waals surface area contributed by atoms with Crippen molar-refractivity contribution in [3.8, 4) is 0 Å². The maximum absolute atomic E-state index is 11.5. The third-order valence-electron chi connectivity index (χ3n) is 2.98. The highest BCUT2D eigenvalue weighted by atomic mass is 79.9. The Morgan fingerprint density at radius 3 is 2.74 bits per heavy atom. The molecule has 1 aromatic carbocycles. The molecule has 1 N–H and O–H groups in total. The van der Waals surface area contributed by atoms with E-state index in [-0.39, 0.29) is 23.2 Å². The van der Waals surface area contributed by atoms with E-state index in [2.05, 4.69) is 21.2 Å². The van der Waals surface area contributed by atoms with Gasteiger partial charge in [0.2, 0.25) is 0 Å². The van der Waals surface area contributed by atoms with E-state index >= 15 is 0 Å². The van der Waals surface area contributed by atoms with Crippen molar-refractivity contribution in [2.45, 2.75) is 18.9 Å². The van der Waals surface area contributed by atoms with Crippen LogP contribution in [-0.2, 0) is 9.84 Å². The van der Waals surface area contributed by atoms with Crippen molar-refractivity contribution >= 4 is 37.1 Å². The molecule has 6 nitrogen and oxygen atoms in total. The molecule has 1 atom stereocenters. The molecule has 0 radical (unpaired) electrons. The number of nitro benzene ring substituents is 1. The first-order valence-electron chi connectivity index (χ1n) is 5.78. The Balaban J connectivity index is 2.11. The molecular weight excluding hydrogens is 336 g/mol. The molecule has 1 unspecified atom stereocenters. The number of halogens is 1. The van der Waals surface area contributed by atoms with Gasteiger partial charge in [0.05, 0.1) is 20.9 Å². The molecule has 0 amide bonds. The van der Waals surface area contributed by atoms with Crippen LogP contribution in [0.2, 0.25) is 0 Å². The maximum atomic E-state index is 11.5. The summed E-state index contributed by atoms with van der Waals surface area (Å²) >= 11 is 3.14. The Hall–Kier alpha value is -1.15. The quantitative estimate of drug-likeness (QED) is 0.668. The lowest BCUT2D eigenvalue weighted by Crippen LogP contribution is -2.34. The number of benzene rings is 1. The minimum absolute atomic E-state index is 0.0122. The molecule has 1 fully saturated rings. The van der Waals surface area contributed by atoms with Crippen LogP contribution >= 0.6 is 15.9 Å². The van der Waals surface area contributed by atoms with Crippen molar-refractivity contribution in [3.05, 3.63) is 32.8 Å². The van der Waals surface area contributed by atoms with Gasteiger partial charge in [-0.25, -0.2) is 8.42 Å². The number of sulfone groups is 1. The van der Waals surface area contributed by atoms with Crippen molar-refractivity contribution in [1.29, 1.82) is 0 Å². The van der Waals surface area contributed by atoms with E-state index < -0.39 is 14.8 Å². The Kier molecular flexibility index (Phi) is 4.10. The lowest BCUT2D eigenvalue weighted by atomic mass is 10.1. The van der Waals surface area contributed by atoms with E-state index in [1.165, 1.54) is 6.07 Å². The molecule has 1 aliphatic heterocycles. The zero-order chi connectivity index (χ0) is 14.0. The summed E-state index contributed by atoms with van der Waals surface area (Å²) < 4.78 is 23.4. The number of nitrogens with zero attached hydrogens (tertiary/aromatic N) is 1. The number of nitro groups is 1. The van der Waals surface area contributed by atoms with Gasteiger partial charge in [-0.05, 0) is 40.9 Å². The van der Waals surface area contributed by atoms with E-state index in [0.29, 0.717) is 16.6 Å². The Morgan fingerprint density at radius 1 is 1.42 bits per heavy atom. The second kappa shape index (κ2) is 5.46. The summed E-state index contributed by atoms with van der Waals surface area (Å²) in [6.07, 6.45) is 1.43. The second-order valence-corrected chi connectivity index (χ2v) is 7.60. The highest BCUT2D eigenvalue weighted by Crippen LogP contribution is 2.28. The Morgan fingerprint density at radius 2 is 2.16 bits per heavy atom. The van der Waals surface area contributed by atoms with Gasteiger partial charge in [-0.15, -0.1) is 0 Å². The summed E-state index contributed by atoms with van der Waals surface area (Å²) in [7, 11) is -2.97. The molecule has 1 aromatic rings. The SMILES string of the molecule is O=[N+]([O-])c1ccc(NC2CCCS(=O)(=O)C2)cc1Br. The highest BCUT2D eigenvalue weighted by molar-refractivity contribution is 9.10. The molecule has 1 aliphatic rings. The average Bonchev–Trinajstić information content (AvgIpc) is 2.27. The number of hydrogen-bond acceptors (Lipinski definition) is 5. The summed E-state index contributed by atoms with van der Waals surface area (Å²) in [5, 5.41) is 13.8. The number of anilines is 1.